The summed E-state index contributed by atoms with van der Waals surface area (Å²) in [4.78, 5) is 31.5. The second-order valence-electron chi connectivity index (χ2n) is 7.25. The number of hydrogen-bond acceptors (Lipinski definition) is 6. The molecule has 2 heterocycles. The van der Waals surface area contributed by atoms with Crippen LogP contribution in [0.3, 0.4) is 0 Å². The Morgan fingerprint density at radius 1 is 1.18 bits per heavy atom. The molecule has 0 aliphatic carbocycles. The van der Waals surface area contributed by atoms with E-state index in [1.54, 1.807) is 57.4 Å². The molecule has 0 saturated heterocycles. The number of rotatable bonds is 5. The van der Waals surface area contributed by atoms with E-state index in [9.17, 15) is 9.59 Å². The Kier molecular flexibility index (Phi) is 6.74. The third-order valence-electron chi connectivity index (χ3n) is 5.19. The number of halogens is 2. The van der Waals surface area contributed by atoms with Gasteiger partial charge in [0.05, 0.1) is 45.6 Å². The lowest BCUT2D eigenvalue weighted by atomic mass is 9.96. The Balaban J connectivity index is 1.94. The van der Waals surface area contributed by atoms with Gasteiger partial charge in [0.25, 0.3) is 5.56 Å². The molecule has 0 radical (unpaired) electrons. The molecule has 1 aliphatic heterocycles. The summed E-state index contributed by atoms with van der Waals surface area (Å²) in [5, 5.41) is 0.833. The average Bonchev–Trinajstić information content (AvgIpc) is 3.10. The van der Waals surface area contributed by atoms with Gasteiger partial charge in [-0.25, -0.2) is 9.79 Å². The Morgan fingerprint density at radius 3 is 2.55 bits per heavy atom. The molecule has 0 amide bonds. The van der Waals surface area contributed by atoms with Gasteiger partial charge in [0.2, 0.25) is 0 Å². The number of hydrogen-bond donors (Lipinski definition) is 0. The summed E-state index contributed by atoms with van der Waals surface area (Å²) in [5.74, 6) is 0.169. The van der Waals surface area contributed by atoms with E-state index in [0.717, 1.165) is 11.1 Å². The van der Waals surface area contributed by atoms with Crippen molar-refractivity contribution in [2.45, 2.75) is 19.9 Å². The van der Waals surface area contributed by atoms with E-state index in [-0.39, 0.29) is 12.2 Å². The number of nitrogens with zero attached hydrogens (tertiary/aromatic N) is 2. The van der Waals surface area contributed by atoms with Crippen LogP contribution in [-0.2, 0) is 9.53 Å². The molecule has 0 N–H and O–H groups in total. The summed E-state index contributed by atoms with van der Waals surface area (Å²) in [6, 6.07) is 11.7. The maximum Gasteiger partial charge on any atom is 0.338 e. The highest BCUT2D eigenvalue weighted by molar-refractivity contribution is 7.07. The quantitative estimate of drug-likeness (QED) is 0.492. The number of carbonyl (C=O) groups excluding carboxylic acids is 1. The van der Waals surface area contributed by atoms with E-state index in [2.05, 4.69) is 4.99 Å². The fraction of sp³-hybridized carbons (Fsp3) is 0.208. The molecule has 1 aliphatic rings. The van der Waals surface area contributed by atoms with Gasteiger partial charge >= 0.3 is 5.97 Å². The number of methoxy groups -OCH3 is 1. The molecule has 4 rings (SSSR count). The number of aromatic nitrogens is 1. The molecule has 0 spiro atoms. The first kappa shape index (κ1) is 23.3. The van der Waals surface area contributed by atoms with Crippen LogP contribution < -0.4 is 19.6 Å². The fourth-order valence-electron chi connectivity index (χ4n) is 3.65. The highest BCUT2D eigenvalue weighted by Crippen LogP contribution is 2.31. The van der Waals surface area contributed by atoms with Gasteiger partial charge in [-0.05, 0) is 55.3 Å². The van der Waals surface area contributed by atoms with Gasteiger partial charge < -0.3 is 9.47 Å². The maximum atomic E-state index is 13.5. The fourth-order valence-corrected chi connectivity index (χ4v) is 5.00. The molecular formula is C24H20Cl2N2O4S. The summed E-state index contributed by atoms with van der Waals surface area (Å²) >= 11 is 13.4. The van der Waals surface area contributed by atoms with Crippen molar-refractivity contribution in [2.75, 3.05) is 13.7 Å². The summed E-state index contributed by atoms with van der Waals surface area (Å²) < 4.78 is 12.6. The number of allylic oxidation sites excluding steroid dienone is 1. The van der Waals surface area contributed by atoms with Crippen LogP contribution in [0.5, 0.6) is 5.75 Å². The number of benzene rings is 2. The first-order chi connectivity index (χ1) is 15.8. The van der Waals surface area contributed by atoms with Gasteiger partial charge in [0.1, 0.15) is 5.75 Å². The zero-order chi connectivity index (χ0) is 23.7. The van der Waals surface area contributed by atoms with E-state index >= 15 is 0 Å². The minimum Gasteiger partial charge on any atom is -0.497 e. The lowest BCUT2D eigenvalue weighted by Crippen LogP contribution is -2.39. The van der Waals surface area contributed by atoms with E-state index in [0.29, 0.717) is 36.4 Å². The van der Waals surface area contributed by atoms with Gasteiger partial charge in [0.15, 0.2) is 4.80 Å². The first-order valence-corrected chi connectivity index (χ1v) is 11.7. The molecule has 0 saturated carbocycles. The van der Waals surface area contributed by atoms with E-state index in [4.69, 9.17) is 32.7 Å². The molecule has 1 atom stereocenters. The van der Waals surface area contributed by atoms with Crippen molar-refractivity contribution in [3.05, 3.63) is 94.6 Å². The van der Waals surface area contributed by atoms with Crippen LogP contribution in [-0.4, -0.2) is 24.3 Å². The number of esters is 1. The normalized spacial score (nSPS) is 15.8. The van der Waals surface area contributed by atoms with Crippen molar-refractivity contribution in [2.24, 2.45) is 4.99 Å². The Labute approximate surface area is 204 Å². The predicted molar refractivity (Wildman–Crippen MR) is 130 cm³/mol. The molecule has 170 valence electrons. The molecule has 0 unspecified atom stereocenters. The minimum atomic E-state index is -0.679. The van der Waals surface area contributed by atoms with Crippen LogP contribution >= 0.6 is 34.5 Å². The monoisotopic (exact) mass is 502 g/mol. The number of ether oxygens (including phenoxy) is 2. The van der Waals surface area contributed by atoms with Crippen molar-refractivity contribution < 1.29 is 14.3 Å². The zero-order valence-corrected chi connectivity index (χ0v) is 20.4. The molecule has 33 heavy (non-hydrogen) atoms. The third-order valence-corrected chi connectivity index (χ3v) is 6.91. The van der Waals surface area contributed by atoms with Gasteiger partial charge in [0, 0.05) is 0 Å². The van der Waals surface area contributed by atoms with E-state index < -0.39 is 12.0 Å². The average molecular weight is 503 g/mol. The summed E-state index contributed by atoms with van der Waals surface area (Å²) in [6.45, 7) is 3.70. The first-order valence-electron chi connectivity index (χ1n) is 10.1. The summed E-state index contributed by atoms with van der Waals surface area (Å²) in [7, 11) is 1.58. The second-order valence-corrected chi connectivity index (χ2v) is 9.07. The lowest BCUT2D eigenvalue weighted by molar-refractivity contribution is -0.139. The molecule has 0 bridgehead atoms. The second kappa shape index (κ2) is 9.55. The molecule has 3 aromatic rings. The molecule has 6 nitrogen and oxygen atoms in total. The molecule has 0 fully saturated rings. The van der Waals surface area contributed by atoms with Gasteiger partial charge in [-0.1, -0.05) is 52.7 Å². The van der Waals surface area contributed by atoms with Crippen LogP contribution in [0.25, 0.3) is 6.08 Å². The van der Waals surface area contributed by atoms with Gasteiger partial charge in [-0.2, -0.15) is 0 Å². The van der Waals surface area contributed by atoms with E-state index in [1.807, 2.05) is 12.1 Å². The smallest absolute Gasteiger partial charge is 0.338 e. The van der Waals surface area contributed by atoms with Crippen molar-refractivity contribution in [1.82, 2.24) is 4.57 Å². The van der Waals surface area contributed by atoms with Crippen molar-refractivity contribution in [1.29, 1.82) is 0 Å². The van der Waals surface area contributed by atoms with Crippen molar-refractivity contribution in [3.8, 4) is 5.75 Å². The molecule has 9 heteroatoms. The third kappa shape index (κ3) is 4.49. The standard InChI is InChI=1S/C24H20Cl2N2O4S/c1-4-32-23(30)20-13(2)27-24-28(21(20)15-6-8-16(31-3)9-7-15)22(29)19(33-24)12-14-5-10-17(25)18(26)11-14/h5-12,21H,4H2,1-3H3/b19-12+/t21-/m0/s1. The highest BCUT2D eigenvalue weighted by atomic mass is 35.5. The maximum absolute atomic E-state index is 13.5. The van der Waals surface area contributed by atoms with Crippen LogP contribution in [0.4, 0.5) is 0 Å². The van der Waals surface area contributed by atoms with Gasteiger partial charge in [-0.3, -0.25) is 9.36 Å². The van der Waals surface area contributed by atoms with Crippen LogP contribution in [0, 0.1) is 0 Å². The zero-order valence-electron chi connectivity index (χ0n) is 18.1. The summed E-state index contributed by atoms with van der Waals surface area (Å²) in [5.41, 5.74) is 2.05. The Morgan fingerprint density at radius 2 is 1.91 bits per heavy atom. The SMILES string of the molecule is CCOC(=O)C1=C(C)N=c2s/c(=C/c3ccc(Cl)c(Cl)c3)c(=O)n2[C@H]1c1ccc(OC)cc1. The molecule has 1 aromatic heterocycles. The van der Waals surface area contributed by atoms with Crippen molar-refractivity contribution >= 4 is 46.6 Å². The molecular weight excluding hydrogens is 483 g/mol. The Hall–Kier alpha value is -2.87. The van der Waals surface area contributed by atoms with Gasteiger partial charge in [-0.15, -0.1) is 0 Å². The lowest BCUT2D eigenvalue weighted by Gasteiger charge is -2.24. The minimum absolute atomic E-state index is 0.215. The topological polar surface area (TPSA) is 69.9 Å². The number of thiazole rings is 1. The summed E-state index contributed by atoms with van der Waals surface area (Å²) in [6.07, 6.45) is 1.74. The molecule has 2 aromatic carbocycles. The largest absolute Gasteiger partial charge is 0.497 e. The predicted octanol–water partition coefficient (Wildman–Crippen LogP) is 4.11. The van der Waals surface area contributed by atoms with Crippen LogP contribution in [0.2, 0.25) is 10.0 Å². The Bertz CT molecular complexity index is 1440. The van der Waals surface area contributed by atoms with Crippen LogP contribution in [0.1, 0.15) is 31.0 Å². The van der Waals surface area contributed by atoms with Crippen molar-refractivity contribution in [3.63, 3.8) is 0 Å². The van der Waals surface area contributed by atoms with E-state index in [1.165, 1.54) is 15.9 Å². The number of carbonyl (C=O) groups is 1. The highest BCUT2D eigenvalue weighted by Gasteiger charge is 2.33. The van der Waals surface area contributed by atoms with Crippen LogP contribution in [0.15, 0.2) is 63.5 Å². The number of fused-ring (bicyclic) bond motifs is 1.